The maximum Gasteiger partial charge on any atom is 0.241 e. The maximum atomic E-state index is 12.7. The molecule has 2 aliphatic heterocycles. The third-order valence-electron chi connectivity index (χ3n) is 6.28. The fourth-order valence-corrected chi connectivity index (χ4v) is 4.44. The first kappa shape index (κ1) is 22.3. The number of amides is 1. The van der Waals surface area contributed by atoms with Gasteiger partial charge in [0.1, 0.15) is 0 Å². The molecule has 30 heavy (non-hydrogen) atoms. The molecule has 0 saturated carbocycles. The lowest BCUT2D eigenvalue weighted by Gasteiger charge is -2.33. The van der Waals surface area contributed by atoms with Gasteiger partial charge in [0.2, 0.25) is 5.91 Å². The van der Waals surface area contributed by atoms with E-state index < -0.39 is 0 Å². The van der Waals surface area contributed by atoms with Crippen LogP contribution < -0.4 is 10.6 Å². The van der Waals surface area contributed by atoms with Crippen LogP contribution in [-0.2, 0) is 11.2 Å². The molecule has 6 heteroatoms. The van der Waals surface area contributed by atoms with Gasteiger partial charge in [-0.1, -0.05) is 36.4 Å². The number of benzene rings is 1. The second-order valence-corrected chi connectivity index (χ2v) is 8.45. The SMILES string of the molecule is C=CCN1CCC(NC(=NC)NCC(=O)N2CCC(Cc3ccccc3)CC2)CC1. The second-order valence-electron chi connectivity index (χ2n) is 8.45. The normalized spacial score (nSPS) is 19.5. The summed E-state index contributed by atoms with van der Waals surface area (Å²) in [6, 6.07) is 11.1. The summed E-state index contributed by atoms with van der Waals surface area (Å²) in [5, 5.41) is 6.70. The van der Waals surface area contributed by atoms with Gasteiger partial charge in [-0.3, -0.25) is 14.7 Å². The maximum absolute atomic E-state index is 12.7. The van der Waals surface area contributed by atoms with Crippen molar-refractivity contribution in [3.63, 3.8) is 0 Å². The van der Waals surface area contributed by atoms with Crippen molar-refractivity contribution < 1.29 is 4.79 Å². The summed E-state index contributed by atoms with van der Waals surface area (Å²) in [5.41, 5.74) is 1.40. The summed E-state index contributed by atoms with van der Waals surface area (Å²) in [5.74, 6) is 1.56. The second kappa shape index (κ2) is 11.7. The monoisotopic (exact) mass is 411 g/mol. The van der Waals surface area contributed by atoms with E-state index >= 15 is 0 Å². The topological polar surface area (TPSA) is 60.0 Å². The molecule has 1 aromatic carbocycles. The summed E-state index contributed by atoms with van der Waals surface area (Å²) >= 11 is 0. The average Bonchev–Trinajstić information content (AvgIpc) is 2.79. The molecule has 0 aliphatic carbocycles. The third kappa shape index (κ3) is 6.87. The first-order valence-corrected chi connectivity index (χ1v) is 11.3. The minimum Gasteiger partial charge on any atom is -0.354 e. The summed E-state index contributed by atoms with van der Waals surface area (Å²) in [7, 11) is 1.77. The van der Waals surface area contributed by atoms with Gasteiger partial charge in [0.25, 0.3) is 0 Å². The third-order valence-corrected chi connectivity index (χ3v) is 6.28. The molecule has 2 N–H and O–H groups in total. The van der Waals surface area contributed by atoms with Gasteiger partial charge in [-0.05, 0) is 43.6 Å². The number of hydrogen-bond acceptors (Lipinski definition) is 3. The number of nitrogens with one attached hydrogen (secondary N) is 2. The number of carbonyl (C=O) groups is 1. The molecule has 0 bridgehead atoms. The Bertz CT molecular complexity index is 689. The van der Waals surface area contributed by atoms with Crippen LogP contribution in [0.3, 0.4) is 0 Å². The standard InChI is InChI=1S/C24H37N5O/c1-3-13-28-14-11-22(12-15-28)27-24(25-2)26-19-23(30)29-16-9-21(10-17-29)18-20-7-5-4-6-8-20/h3-8,21-22H,1,9-19H2,2H3,(H2,25,26,27). The van der Waals surface area contributed by atoms with E-state index in [2.05, 4.69) is 57.4 Å². The Morgan fingerprint density at radius 1 is 1.13 bits per heavy atom. The van der Waals surface area contributed by atoms with Gasteiger partial charge in [-0.2, -0.15) is 0 Å². The molecule has 2 heterocycles. The van der Waals surface area contributed by atoms with Gasteiger partial charge in [-0.25, -0.2) is 0 Å². The van der Waals surface area contributed by atoms with Crippen LogP contribution in [0, 0.1) is 5.92 Å². The van der Waals surface area contributed by atoms with Crippen molar-refractivity contribution >= 4 is 11.9 Å². The zero-order chi connectivity index (χ0) is 21.2. The van der Waals surface area contributed by atoms with Crippen LogP contribution >= 0.6 is 0 Å². The van der Waals surface area contributed by atoms with E-state index in [1.165, 1.54) is 5.56 Å². The smallest absolute Gasteiger partial charge is 0.241 e. The quantitative estimate of drug-likeness (QED) is 0.411. The first-order valence-electron chi connectivity index (χ1n) is 11.3. The molecule has 0 unspecified atom stereocenters. The molecular formula is C24H37N5O. The highest BCUT2D eigenvalue weighted by atomic mass is 16.2. The molecule has 0 radical (unpaired) electrons. The highest BCUT2D eigenvalue weighted by molar-refractivity contribution is 5.86. The molecular weight excluding hydrogens is 374 g/mol. The molecule has 2 fully saturated rings. The molecule has 1 amide bonds. The number of piperidine rings is 2. The molecule has 0 atom stereocenters. The fraction of sp³-hybridized carbons (Fsp3) is 0.583. The number of rotatable bonds is 7. The lowest BCUT2D eigenvalue weighted by atomic mass is 9.90. The number of likely N-dealkylation sites (tertiary alicyclic amines) is 2. The lowest BCUT2D eigenvalue weighted by Crippen LogP contribution is -2.51. The van der Waals surface area contributed by atoms with E-state index in [0.717, 1.165) is 70.8 Å². The van der Waals surface area contributed by atoms with E-state index in [1.807, 2.05) is 11.0 Å². The van der Waals surface area contributed by atoms with Gasteiger partial charge in [0.15, 0.2) is 5.96 Å². The van der Waals surface area contributed by atoms with Crippen LogP contribution in [0.25, 0.3) is 0 Å². The predicted octanol–water partition coefficient (Wildman–Crippen LogP) is 2.28. The van der Waals surface area contributed by atoms with E-state index in [1.54, 1.807) is 7.05 Å². The number of guanidine groups is 1. The number of nitrogens with zero attached hydrogens (tertiary/aromatic N) is 3. The Kier molecular flexibility index (Phi) is 8.75. The van der Waals surface area contributed by atoms with Gasteiger partial charge in [0.05, 0.1) is 6.54 Å². The first-order chi connectivity index (χ1) is 14.7. The van der Waals surface area contributed by atoms with Crippen molar-refractivity contribution in [3.8, 4) is 0 Å². The Labute approximate surface area is 181 Å². The highest BCUT2D eigenvalue weighted by Gasteiger charge is 2.23. The predicted molar refractivity (Wildman–Crippen MR) is 124 cm³/mol. The zero-order valence-corrected chi connectivity index (χ0v) is 18.4. The summed E-state index contributed by atoms with van der Waals surface area (Å²) in [6.45, 7) is 8.91. The largest absolute Gasteiger partial charge is 0.354 e. The van der Waals surface area contributed by atoms with Crippen molar-refractivity contribution in [1.29, 1.82) is 0 Å². The fourth-order valence-electron chi connectivity index (χ4n) is 4.44. The number of carbonyl (C=O) groups excluding carboxylic acids is 1. The molecule has 0 spiro atoms. The van der Waals surface area contributed by atoms with Crippen molar-refractivity contribution in [1.82, 2.24) is 20.4 Å². The van der Waals surface area contributed by atoms with Gasteiger partial charge >= 0.3 is 0 Å². The van der Waals surface area contributed by atoms with E-state index in [-0.39, 0.29) is 5.91 Å². The molecule has 164 valence electrons. The van der Waals surface area contributed by atoms with Crippen molar-refractivity contribution in [2.24, 2.45) is 10.9 Å². The van der Waals surface area contributed by atoms with Gasteiger partial charge < -0.3 is 15.5 Å². The minimum absolute atomic E-state index is 0.164. The van der Waals surface area contributed by atoms with Crippen LogP contribution in [-0.4, -0.2) is 74.0 Å². The molecule has 3 rings (SSSR count). The van der Waals surface area contributed by atoms with Crippen LogP contribution in [0.4, 0.5) is 0 Å². The van der Waals surface area contributed by atoms with E-state index in [4.69, 9.17) is 0 Å². The Balaban J connectivity index is 1.35. The Morgan fingerprint density at radius 3 is 2.47 bits per heavy atom. The van der Waals surface area contributed by atoms with Crippen LogP contribution in [0.15, 0.2) is 48.0 Å². The van der Waals surface area contributed by atoms with Gasteiger partial charge in [0, 0.05) is 45.8 Å². The molecule has 0 aromatic heterocycles. The Morgan fingerprint density at radius 2 is 1.83 bits per heavy atom. The van der Waals surface area contributed by atoms with E-state index in [9.17, 15) is 4.79 Å². The van der Waals surface area contributed by atoms with Crippen LogP contribution in [0.2, 0.25) is 0 Å². The van der Waals surface area contributed by atoms with Crippen molar-refractivity contribution in [3.05, 3.63) is 48.6 Å². The number of aliphatic imine (C=N–C) groups is 1. The van der Waals surface area contributed by atoms with Crippen molar-refractivity contribution in [2.45, 2.75) is 38.1 Å². The van der Waals surface area contributed by atoms with Gasteiger partial charge in [-0.15, -0.1) is 6.58 Å². The average molecular weight is 412 g/mol. The lowest BCUT2D eigenvalue weighted by molar-refractivity contribution is -0.131. The Hall–Kier alpha value is -2.34. The summed E-state index contributed by atoms with van der Waals surface area (Å²) < 4.78 is 0. The van der Waals surface area contributed by atoms with Crippen LogP contribution in [0.5, 0.6) is 0 Å². The van der Waals surface area contributed by atoms with Crippen molar-refractivity contribution in [2.75, 3.05) is 46.3 Å². The molecule has 2 aliphatic rings. The molecule has 6 nitrogen and oxygen atoms in total. The highest BCUT2D eigenvalue weighted by Crippen LogP contribution is 2.21. The summed E-state index contributed by atoms with van der Waals surface area (Å²) in [6.07, 6.45) is 7.40. The zero-order valence-electron chi connectivity index (χ0n) is 18.4. The van der Waals surface area contributed by atoms with Crippen LogP contribution in [0.1, 0.15) is 31.2 Å². The van der Waals surface area contributed by atoms with E-state index in [0.29, 0.717) is 18.5 Å². The number of hydrogen-bond donors (Lipinski definition) is 2. The molecule has 2 saturated heterocycles. The minimum atomic E-state index is 0.164. The molecule has 1 aromatic rings. The summed E-state index contributed by atoms with van der Waals surface area (Å²) in [4.78, 5) is 21.4.